The fraction of sp³-hybridized carbons (Fsp3) is 0.647. The fourth-order valence-electron chi connectivity index (χ4n) is 3.11. The van der Waals surface area contributed by atoms with Gasteiger partial charge in [0, 0.05) is 18.6 Å². The number of nitrogens with zero attached hydrogens (tertiary/aromatic N) is 1. The summed E-state index contributed by atoms with van der Waals surface area (Å²) in [7, 11) is 0. The van der Waals surface area contributed by atoms with Crippen molar-refractivity contribution in [2.45, 2.75) is 51.7 Å². The largest absolute Gasteiger partial charge is 0.477 e. The maximum Gasteiger partial charge on any atom is 0.410 e. The maximum absolute atomic E-state index is 12.1. The molecule has 0 aliphatic carbocycles. The minimum atomic E-state index is -0.942. The summed E-state index contributed by atoms with van der Waals surface area (Å²) in [5.74, 6) is -0.827. The van der Waals surface area contributed by atoms with Crippen molar-refractivity contribution in [3.63, 3.8) is 0 Å². The molecule has 3 N–H and O–H groups in total. The number of likely N-dealkylation sites (tertiary alicyclic amines) is 1. The minimum Gasteiger partial charge on any atom is -0.477 e. The zero-order chi connectivity index (χ0) is 18.1. The van der Waals surface area contributed by atoms with Gasteiger partial charge in [-0.15, -0.1) is 11.3 Å². The number of carboxylic acids is 1. The molecule has 0 saturated carbocycles. The lowest BCUT2D eigenvalue weighted by molar-refractivity contribution is 0.0150. The summed E-state index contributed by atoms with van der Waals surface area (Å²) in [6.07, 6.45) is 1.14. The van der Waals surface area contributed by atoms with Gasteiger partial charge in [-0.1, -0.05) is 0 Å². The second-order valence-corrected chi connectivity index (χ2v) is 8.41. The first kappa shape index (κ1) is 18.7. The van der Waals surface area contributed by atoms with Gasteiger partial charge in [0.15, 0.2) is 0 Å². The lowest BCUT2D eigenvalue weighted by Crippen LogP contribution is -2.49. The molecule has 1 fully saturated rings. The standard InChI is InChI=1S/C17H26N2O4S/c1-16(2,3)23-15(22)19-8-5-11(6-9-19)17(4,18)12-7-10-24-13(12)14(20)21/h7,10-11H,5-6,8-9,18H2,1-4H3,(H,20,21). The van der Waals surface area contributed by atoms with E-state index in [1.807, 2.05) is 27.7 Å². The predicted molar refractivity (Wildman–Crippen MR) is 93.3 cm³/mol. The quantitative estimate of drug-likeness (QED) is 0.869. The Kier molecular flexibility index (Phi) is 5.25. The number of ether oxygens (including phenoxy) is 1. The number of thiophene rings is 1. The molecular weight excluding hydrogens is 328 g/mol. The third-order valence-electron chi connectivity index (χ3n) is 4.43. The normalized spacial score (nSPS) is 19.0. The molecule has 0 radical (unpaired) electrons. The molecule has 1 atom stereocenters. The van der Waals surface area contributed by atoms with Crippen LogP contribution in [-0.2, 0) is 10.3 Å². The Bertz CT molecular complexity index is 610. The smallest absolute Gasteiger partial charge is 0.410 e. The van der Waals surface area contributed by atoms with Gasteiger partial charge in [0.05, 0.1) is 0 Å². The number of amides is 1. The van der Waals surface area contributed by atoms with Crippen LogP contribution >= 0.6 is 11.3 Å². The number of carbonyl (C=O) groups is 2. The van der Waals surface area contributed by atoms with Crippen LogP contribution in [0.3, 0.4) is 0 Å². The zero-order valence-corrected chi connectivity index (χ0v) is 15.5. The molecule has 134 valence electrons. The average molecular weight is 354 g/mol. The van der Waals surface area contributed by atoms with E-state index in [4.69, 9.17) is 10.5 Å². The summed E-state index contributed by atoms with van der Waals surface area (Å²) in [5.41, 5.74) is 5.97. The summed E-state index contributed by atoms with van der Waals surface area (Å²) in [5, 5.41) is 11.1. The summed E-state index contributed by atoms with van der Waals surface area (Å²) in [4.78, 5) is 25.5. The fourth-order valence-corrected chi connectivity index (χ4v) is 3.96. The van der Waals surface area contributed by atoms with Gasteiger partial charge in [-0.3, -0.25) is 0 Å². The molecule has 1 amide bonds. The molecule has 0 spiro atoms. The van der Waals surface area contributed by atoms with Gasteiger partial charge in [0.2, 0.25) is 0 Å². The summed E-state index contributed by atoms with van der Waals surface area (Å²) < 4.78 is 5.40. The van der Waals surface area contributed by atoms with Crippen LogP contribution in [0.15, 0.2) is 11.4 Å². The highest BCUT2D eigenvalue weighted by Crippen LogP contribution is 2.37. The van der Waals surface area contributed by atoms with E-state index in [9.17, 15) is 14.7 Å². The van der Waals surface area contributed by atoms with Crippen LogP contribution in [0.1, 0.15) is 55.8 Å². The molecule has 2 heterocycles. The van der Waals surface area contributed by atoms with Crippen molar-refractivity contribution in [3.05, 3.63) is 21.9 Å². The summed E-state index contributed by atoms with van der Waals surface area (Å²) in [6.45, 7) is 8.56. The molecule has 1 unspecified atom stereocenters. The highest BCUT2D eigenvalue weighted by molar-refractivity contribution is 7.12. The number of hydrogen-bond donors (Lipinski definition) is 2. The Morgan fingerprint density at radius 1 is 1.29 bits per heavy atom. The first-order valence-electron chi connectivity index (χ1n) is 8.10. The highest BCUT2D eigenvalue weighted by atomic mass is 32.1. The number of hydrogen-bond acceptors (Lipinski definition) is 5. The summed E-state index contributed by atoms with van der Waals surface area (Å²) in [6, 6.07) is 1.80. The molecule has 24 heavy (non-hydrogen) atoms. The SMILES string of the molecule is CC(C)(C)OC(=O)N1CCC(C(C)(N)c2ccsc2C(=O)O)CC1. The lowest BCUT2D eigenvalue weighted by Gasteiger charge is -2.40. The van der Waals surface area contributed by atoms with Crippen LogP contribution in [0, 0.1) is 5.92 Å². The first-order chi connectivity index (χ1) is 11.0. The van der Waals surface area contributed by atoms with E-state index in [2.05, 4.69) is 0 Å². The second kappa shape index (κ2) is 6.72. The van der Waals surface area contributed by atoms with Gasteiger partial charge in [-0.2, -0.15) is 0 Å². The molecule has 7 heteroatoms. The molecule has 0 aromatic carbocycles. The molecule has 0 bridgehead atoms. The maximum atomic E-state index is 12.1. The highest BCUT2D eigenvalue weighted by Gasteiger charge is 2.38. The van der Waals surface area contributed by atoms with Crippen molar-refractivity contribution >= 4 is 23.4 Å². The number of rotatable bonds is 3. The average Bonchev–Trinajstić information content (AvgIpc) is 2.96. The van der Waals surface area contributed by atoms with Gasteiger partial charge < -0.3 is 20.5 Å². The molecule has 1 aromatic rings. The van der Waals surface area contributed by atoms with Crippen molar-refractivity contribution < 1.29 is 19.4 Å². The monoisotopic (exact) mass is 354 g/mol. The molecule has 6 nitrogen and oxygen atoms in total. The van der Waals surface area contributed by atoms with E-state index in [1.54, 1.807) is 16.3 Å². The number of carboxylic acid groups (broad SMARTS) is 1. The third-order valence-corrected chi connectivity index (χ3v) is 5.34. The van der Waals surface area contributed by atoms with Crippen LogP contribution in [0.2, 0.25) is 0 Å². The molecule has 1 saturated heterocycles. The Balaban J connectivity index is 2.04. The Morgan fingerprint density at radius 2 is 1.88 bits per heavy atom. The van der Waals surface area contributed by atoms with Crippen LogP contribution < -0.4 is 5.73 Å². The predicted octanol–water partition coefficient (Wildman–Crippen LogP) is 3.27. The lowest BCUT2D eigenvalue weighted by atomic mass is 9.75. The van der Waals surface area contributed by atoms with E-state index >= 15 is 0 Å². The zero-order valence-electron chi connectivity index (χ0n) is 14.7. The van der Waals surface area contributed by atoms with Crippen molar-refractivity contribution in [2.75, 3.05) is 13.1 Å². The minimum absolute atomic E-state index is 0.115. The van der Waals surface area contributed by atoms with Crippen LogP contribution in [0.5, 0.6) is 0 Å². The van der Waals surface area contributed by atoms with Crippen molar-refractivity contribution in [2.24, 2.45) is 11.7 Å². The van der Waals surface area contributed by atoms with Gasteiger partial charge in [0.1, 0.15) is 10.5 Å². The number of nitrogens with two attached hydrogens (primary N) is 1. The van der Waals surface area contributed by atoms with Gasteiger partial charge in [-0.25, -0.2) is 9.59 Å². The van der Waals surface area contributed by atoms with E-state index in [1.165, 1.54) is 11.3 Å². The van der Waals surface area contributed by atoms with Crippen molar-refractivity contribution in [1.29, 1.82) is 0 Å². The Hall–Kier alpha value is -1.60. The molecule has 1 aliphatic heterocycles. The van der Waals surface area contributed by atoms with Gasteiger partial charge >= 0.3 is 12.1 Å². The van der Waals surface area contributed by atoms with Crippen LogP contribution in [0.25, 0.3) is 0 Å². The number of aromatic carboxylic acids is 1. The third kappa shape index (κ3) is 4.08. The Labute approximate surface area is 146 Å². The first-order valence-corrected chi connectivity index (χ1v) is 8.98. The summed E-state index contributed by atoms with van der Waals surface area (Å²) >= 11 is 1.20. The van der Waals surface area contributed by atoms with E-state index in [-0.39, 0.29) is 12.0 Å². The van der Waals surface area contributed by atoms with Gasteiger partial charge in [-0.05, 0) is 63.5 Å². The topological polar surface area (TPSA) is 92.9 Å². The van der Waals surface area contributed by atoms with Crippen LogP contribution in [-0.4, -0.2) is 40.8 Å². The van der Waals surface area contributed by atoms with E-state index in [0.717, 1.165) is 12.8 Å². The molecule has 1 aromatic heterocycles. The molecule has 2 rings (SSSR count). The van der Waals surface area contributed by atoms with Crippen molar-refractivity contribution in [1.82, 2.24) is 4.90 Å². The van der Waals surface area contributed by atoms with Crippen molar-refractivity contribution in [3.8, 4) is 0 Å². The second-order valence-electron chi connectivity index (χ2n) is 7.49. The van der Waals surface area contributed by atoms with E-state index < -0.39 is 17.1 Å². The number of carbonyl (C=O) groups excluding carboxylic acids is 1. The van der Waals surface area contributed by atoms with E-state index in [0.29, 0.717) is 23.5 Å². The number of piperidine rings is 1. The molecular formula is C17H26N2O4S. The van der Waals surface area contributed by atoms with Crippen LogP contribution in [0.4, 0.5) is 4.79 Å². The van der Waals surface area contributed by atoms with Gasteiger partial charge in [0.25, 0.3) is 0 Å². The molecule has 1 aliphatic rings. The Morgan fingerprint density at radius 3 is 2.38 bits per heavy atom.